The van der Waals surface area contributed by atoms with Crippen LogP contribution in [0, 0.1) is 31.1 Å². The summed E-state index contributed by atoms with van der Waals surface area (Å²) in [6, 6.07) is 0. The van der Waals surface area contributed by atoms with Gasteiger partial charge in [-0.15, -0.1) is 0 Å². The number of rotatable bonds is 0. The van der Waals surface area contributed by atoms with Crippen LogP contribution in [0.2, 0.25) is 0 Å². The predicted octanol–water partition coefficient (Wildman–Crippen LogP) is -6.82. The fourth-order valence-corrected chi connectivity index (χ4v) is 0. The molecule has 0 aliphatic rings. The van der Waals surface area contributed by atoms with Gasteiger partial charge < -0.3 is 14.9 Å². The fourth-order valence-electron chi connectivity index (χ4n) is 0. The van der Waals surface area contributed by atoms with Gasteiger partial charge in [-0.3, -0.25) is 0 Å². The molecule has 0 aromatic carbocycles. The summed E-state index contributed by atoms with van der Waals surface area (Å²) < 4.78 is 0. The molecule has 0 unspecified atom stereocenters. The topological polar surface area (TPSA) is 31.5 Å². The van der Waals surface area contributed by atoms with Crippen molar-refractivity contribution in [3.05, 3.63) is 0 Å². The minimum atomic E-state index is 0. The van der Waals surface area contributed by atoms with E-state index >= 15 is 0 Å². The molecule has 4 heavy (non-hydrogen) atoms. The van der Waals surface area contributed by atoms with Gasteiger partial charge in [-0.1, -0.05) is 0 Å². The van der Waals surface area contributed by atoms with Crippen molar-refractivity contribution in [3.8, 4) is 0 Å². The van der Waals surface area contributed by atoms with E-state index in [-0.39, 0.29) is 46.0 Å². The van der Waals surface area contributed by atoms with E-state index in [4.69, 9.17) is 0 Å². The van der Waals surface area contributed by atoms with E-state index in [2.05, 4.69) is 0 Å². The molecule has 0 radical (unpaired) electrons. The van der Waals surface area contributed by atoms with Crippen LogP contribution in [0.3, 0.4) is 0 Å². The van der Waals surface area contributed by atoms with E-state index in [1.807, 2.05) is 0 Å². The number of halogens is 2. The van der Waals surface area contributed by atoms with Crippen LogP contribution in [0.25, 0.3) is 0 Å². The smallest absolute Gasteiger partial charge is 1.00 e. The molecule has 0 saturated heterocycles. The largest absolute Gasteiger partial charge is 2.00 e. The van der Waals surface area contributed by atoms with E-state index in [9.17, 15) is 0 Å². The van der Waals surface area contributed by atoms with Gasteiger partial charge in [0.25, 0.3) is 0 Å². The molecule has 0 bridgehead atoms. The van der Waals surface area contributed by atoms with Gasteiger partial charge in [-0.05, 0) is 0 Å². The SMILES string of the molecule is O.[F-].[F-].[U+2]. The molecule has 0 atom stereocenters. The van der Waals surface area contributed by atoms with Crippen LogP contribution in [0.5, 0.6) is 0 Å². The Morgan fingerprint density at radius 1 is 0.750 bits per heavy atom. The van der Waals surface area contributed by atoms with Crippen LogP contribution in [-0.2, 0) is 0 Å². The van der Waals surface area contributed by atoms with Crippen molar-refractivity contribution < 1.29 is 46.0 Å². The zero-order valence-corrected chi connectivity index (χ0v) is 5.92. The second kappa shape index (κ2) is 42.0. The van der Waals surface area contributed by atoms with Crippen LogP contribution in [0.15, 0.2) is 0 Å². The summed E-state index contributed by atoms with van der Waals surface area (Å²) in [7, 11) is 0. The summed E-state index contributed by atoms with van der Waals surface area (Å²) in [4.78, 5) is 0. The first kappa shape index (κ1) is 96.1. The minimum absolute atomic E-state index is 0. The third-order valence-electron chi connectivity index (χ3n) is 0. The van der Waals surface area contributed by atoms with Crippen molar-refractivity contribution in [3.63, 3.8) is 0 Å². The van der Waals surface area contributed by atoms with Crippen molar-refractivity contribution >= 4 is 0 Å². The fraction of sp³-hybridized carbons (Fsp3) is 0. The Hall–Kier alpha value is 0.872. The molecular formula is H2F2OU. The van der Waals surface area contributed by atoms with Crippen LogP contribution < -0.4 is 9.41 Å². The minimum Gasteiger partial charge on any atom is -1.00 e. The summed E-state index contributed by atoms with van der Waals surface area (Å²) in [6.45, 7) is 0. The second-order valence-corrected chi connectivity index (χ2v) is 0. The zero-order chi connectivity index (χ0) is 0. The second-order valence-electron chi connectivity index (χ2n) is 0. The third-order valence-corrected chi connectivity index (χ3v) is 0. The van der Waals surface area contributed by atoms with Gasteiger partial charge in [-0.2, -0.15) is 0 Å². The van der Waals surface area contributed by atoms with Crippen molar-refractivity contribution in [2.75, 3.05) is 0 Å². The van der Waals surface area contributed by atoms with Gasteiger partial charge >= 0.3 is 31.1 Å². The molecule has 0 aromatic heterocycles. The van der Waals surface area contributed by atoms with Gasteiger partial charge in [0.15, 0.2) is 0 Å². The molecular weight excluding hydrogens is 292 g/mol. The molecule has 26 valence electrons. The predicted molar refractivity (Wildman–Crippen MR) is 3.61 cm³/mol. The van der Waals surface area contributed by atoms with Crippen LogP contribution >= 0.6 is 0 Å². The normalized spacial score (nSPS) is 0. The monoisotopic (exact) mass is 294 g/mol. The van der Waals surface area contributed by atoms with Crippen molar-refractivity contribution in [2.24, 2.45) is 0 Å². The van der Waals surface area contributed by atoms with Crippen molar-refractivity contribution in [2.45, 2.75) is 0 Å². The Morgan fingerprint density at radius 3 is 0.750 bits per heavy atom. The molecule has 0 spiro atoms. The summed E-state index contributed by atoms with van der Waals surface area (Å²) in [5, 5.41) is 0. The van der Waals surface area contributed by atoms with Crippen molar-refractivity contribution in [1.82, 2.24) is 0 Å². The molecule has 0 fully saturated rings. The van der Waals surface area contributed by atoms with Crippen LogP contribution in [0.4, 0.5) is 0 Å². The summed E-state index contributed by atoms with van der Waals surface area (Å²) >= 11 is 0. The van der Waals surface area contributed by atoms with Gasteiger partial charge in [-0.25, -0.2) is 0 Å². The first-order valence-corrected chi connectivity index (χ1v) is 0. The Kier molecular flexibility index (Phi) is 1010. The first-order chi connectivity index (χ1) is 0. The zero-order valence-electron chi connectivity index (χ0n) is 1.76. The molecule has 0 aliphatic carbocycles. The molecule has 0 aliphatic heterocycles. The first-order valence-electron chi connectivity index (χ1n) is 0. The average Bonchev–Trinajstić information content (AvgIpc) is 0. The molecule has 0 heterocycles. The molecule has 0 rings (SSSR count). The number of hydrogen-bond acceptors (Lipinski definition) is 0. The van der Waals surface area contributed by atoms with Gasteiger partial charge in [0.1, 0.15) is 0 Å². The average molecular weight is 294 g/mol. The maximum Gasteiger partial charge on any atom is 2.00 e. The summed E-state index contributed by atoms with van der Waals surface area (Å²) in [5.74, 6) is 0. The third kappa shape index (κ3) is 13.2. The molecule has 0 saturated carbocycles. The van der Waals surface area contributed by atoms with Gasteiger partial charge in [0.2, 0.25) is 0 Å². The van der Waals surface area contributed by atoms with Crippen molar-refractivity contribution in [1.29, 1.82) is 0 Å². The molecule has 0 amide bonds. The standard InChI is InChI=1S/2FH.H2O.U/h2*1H;1H2;/q;;;+2/p-2. The van der Waals surface area contributed by atoms with Crippen LogP contribution in [0.1, 0.15) is 0 Å². The van der Waals surface area contributed by atoms with Crippen LogP contribution in [-0.4, -0.2) is 5.48 Å². The Balaban J connectivity index is 0. The molecule has 4 heteroatoms. The summed E-state index contributed by atoms with van der Waals surface area (Å²) in [5.41, 5.74) is 0. The van der Waals surface area contributed by atoms with E-state index in [1.165, 1.54) is 0 Å². The maximum atomic E-state index is 0. The van der Waals surface area contributed by atoms with Gasteiger partial charge in [0.05, 0.1) is 0 Å². The molecule has 2 N–H and O–H groups in total. The summed E-state index contributed by atoms with van der Waals surface area (Å²) in [6.07, 6.45) is 0. The Bertz CT molecular complexity index is 6.00. The van der Waals surface area contributed by atoms with E-state index in [1.54, 1.807) is 0 Å². The Morgan fingerprint density at radius 2 is 0.750 bits per heavy atom. The van der Waals surface area contributed by atoms with E-state index < -0.39 is 0 Å². The molecule has 0 aromatic rings. The molecule has 1 nitrogen and oxygen atoms in total. The Labute approximate surface area is 46.2 Å². The quantitative estimate of drug-likeness (QED) is 0.425. The maximum absolute atomic E-state index is 0. The van der Waals surface area contributed by atoms with Gasteiger partial charge in [0, 0.05) is 0 Å². The van der Waals surface area contributed by atoms with E-state index in [0.29, 0.717) is 0 Å². The van der Waals surface area contributed by atoms with E-state index in [0.717, 1.165) is 0 Å². The number of hydrogen-bond donors (Lipinski definition) is 0.